The highest BCUT2D eigenvalue weighted by Crippen LogP contribution is 2.36. The lowest BCUT2D eigenvalue weighted by Crippen LogP contribution is -2.25. The summed E-state index contributed by atoms with van der Waals surface area (Å²) in [5, 5.41) is 14.2. The van der Waals surface area contributed by atoms with E-state index in [1.54, 1.807) is 7.11 Å². The second kappa shape index (κ2) is 5.85. The quantitative estimate of drug-likeness (QED) is 0.938. The number of ether oxygens (including phenoxy) is 1. The van der Waals surface area contributed by atoms with E-state index in [2.05, 4.69) is 10.1 Å². The zero-order valence-corrected chi connectivity index (χ0v) is 14.0. The van der Waals surface area contributed by atoms with Crippen LogP contribution >= 0.6 is 0 Å². The van der Waals surface area contributed by atoms with Crippen molar-refractivity contribution < 1.29 is 14.4 Å². The molecule has 1 fully saturated rings. The van der Waals surface area contributed by atoms with E-state index in [9.17, 15) is 5.11 Å². The number of benzene rings is 1. The Labute approximate surface area is 136 Å². The zero-order valence-electron chi connectivity index (χ0n) is 14.0. The number of hydrogen-bond acceptors (Lipinski definition) is 6. The first-order chi connectivity index (χ1) is 10.9. The highest BCUT2D eigenvalue weighted by Gasteiger charge is 2.36. The summed E-state index contributed by atoms with van der Waals surface area (Å²) in [6, 6.07) is 7.88. The van der Waals surface area contributed by atoms with Gasteiger partial charge >= 0.3 is 0 Å². The molecule has 0 saturated carbocycles. The van der Waals surface area contributed by atoms with Crippen molar-refractivity contribution in [2.24, 2.45) is 0 Å². The molecule has 1 aliphatic heterocycles. The molecule has 1 aliphatic rings. The van der Waals surface area contributed by atoms with Crippen molar-refractivity contribution in [3.05, 3.63) is 35.7 Å². The molecule has 1 aromatic heterocycles. The smallest absolute Gasteiger partial charge is 0.266 e. The monoisotopic (exact) mass is 317 g/mol. The fourth-order valence-electron chi connectivity index (χ4n) is 2.84. The molecule has 124 valence electrons. The number of rotatable bonds is 3. The maximum Gasteiger partial charge on any atom is 0.266 e. The first-order valence-corrected chi connectivity index (χ1v) is 7.81. The van der Waals surface area contributed by atoms with Crippen molar-refractivity contribution in [3.8, 4) is 5.75 Å². The Morgan fingerprint density at radius 3 is 2.78 bits per heavy atom. The van der Waals surface area contributed by atoms with Crippen LogP contribution in [0.3, 0.4) is 0 Å². The zero-order chi connectivity index (χ0) is 16.6. The predicted octanol–water partition coefficient (Wildman–Crippen LogP) is 2.69. The molecule has 23 heavy (non-hydrogen) atoms. The summed E-state index contributed by atoms with van der Waals surface area (Å²) in [6.07, 6.45) is 0.217. The molecule has 2 heterocycles. The molecular weight excluding hydrogens is 294 g/mol. The molecule has 0 amide bonds. The number of methoxy groups -OCH3 is 1. The number of aliphatic hydroxyl groups excluding tert-OH is 1. The average molecular weight is 317 g/mol. The third-order valence-electron chi connectivity index (χ3n) is 4.07. The van der Waals surface area contributed by atoms with Gasteiger partial charge in [-0.25, -0.2) is 0 Å². The van der Waals surface area contributed by atoms with Crippen LogP contribution in [0.1, 0.15) is 44.7 Å². The number of aromatic nitrogens is 2. The standard InChI is InChI=1S/C17H23N3O3/c1-17(2,3)15-18-16(19-23-15)20-10-12(21)9-14(20)11-6-5-7-13(8-11)22-4/h5-8,12,14,21H,9-10H2,1-4H3. The lowest BCUT2D eigenvalue weighted by atomic mass is 9.97. The molecule has 0 aliphatic carbocycles. The van der Waals surface area contributed by atoms with E-state index in [0.29, 0.717) is 24.8 Å². The van der Waals surface area contributed by atoms with Crippen molar-refractivity contribution in [1.82, 2.24) is 10.1 Å². The summed E-state index contributed by atoms with van der Waals surface area (Å²) in [7, 11) is 1.65. The molecule has 0 spiro atoms. The maximum absolute atomic E-state index is 10.1. The van der Waals surface area contributed by atoms with Crippen molar-refractivity contribution in [2.45, 2.75) is 44.8 Å². The van der Waals surface area contributed by atoms with Gasteiger partial charge < -0.3 is 19.3 Å². The number of hydrogen-bond donors (Lipinski definition) is 1. The Kier molecular flexibility index (Phi) is 4.02. The fourth-order valence-corrected chi connectivity index (χ4v) is 2.84. The van der Waals surface area contributed by atoms with Gasteiger partial charge in [-0.05, 0) is 29.3 Å². The van der Waals surface area contributed by atoms with Gasteiger partial charge in [-0.3, -0.25) is 0 Å². The van der Waals surface area contributed by atoms with Gasteiger partial charge in [-0.1, -0.05) is 32.9 Å². The minimum absolute atomic E-state index is 0.00511. The van der Waals surface area contributed by atoms with Crippen LogP contribution in [0, 0.1) is 0 Å². The van der Waals surface area contributed by atoms with Crippen LogP contribution in [0.4, 0.5) is 5.95 Å². The van der Waals surface area contributed by atoms with Gasteiger partial charge in [-0.2, -0.15) is 4.98 Å². The highest BCUT2D eigenvalue weighted by molar-refractivity contribution is 5.41. The predicted molar refractivity (Wildman–Crippen MR) is 86.7 cm³/mol. The van der Waals surface area contributed by atoms with Gasteiger partial charge in [0.1, 0.15) is 5.75 Å². The molecule has 0 radical (unpaired) electrons. The minimum atomic E-state index is -0.414. The Hall–Kier alpha value is -2.08. The average Bonchev–Trinajstić information content (AvgIpc) is 3.13. The van der Waals surface area contributed by atoms with Gasteiger partial charge in [0, 0.05) is 12.0 Å². The van der Waals surface area contributed by atoms with Crippen LogP contribution < -0.4 is 9.64 Å². The Bertz CT molecular complexity index is 678. The molecule has 2 aromatic rings. The van der Waals surface area contributed by atoms with E-state index < -0.39 is 6.10 Å². The summed E-state index contributed by atoms with van der Waals surface area (Å²) < 4.78 is 10.7. The van der Waals surface area contributed by atoms with E-state index in [-0.39, 0.29) is 11.5 Å². The molecule has 3 rings (SSSR count). The van der Waals surface area contributed by atoms with Crippen LogP contribution in [0.25, 0.3) is 0 Å². The fraction of sp³-hybridized carbons (Fsp3) is 0.529. The molecule has 0 bridgehead atoms. The third-order valence-corrected chi connectivity index (χ3v) is 4.07. The molecule has 1 aromatic carbocycles. The molecule has 1 saturated heterocycles. The number of nitrogens with zero attached hydrogens (tertiary/aromatic N) is 3. The van der Waals surface area contributed by atoms with E-state index >= 15 is 0 Å². The molecule has 6 nitrogen and oxygen atoms in total. The Morgan fingerprint density at radius 1 is 1.35 bits per heavy atom. The first kappa shape index (κ1) is 15.8. The van der Waals surface area contributed by atoms with Crippen molar-refractivity contribution >= 4 is 5.95 Å². The van der Waals surface area contributed by atoms with Gasteiger partial charge in [0.05, 0.1) is 19.3 Å². The number of β-amino-alcohol motifs (C(OH)–C–C–N with tert-alkyl or cyclic N) is 1. The summed E-state index contributed by atoms with van der Waals surface area (Å²) in [5.41, 5.74) is 0.873. The van der Waals surface area contributed by atoms with Crippen LogP contribution in [-0.2, 0) is 5.41 Å². The van der Waals surface area contributed by atoms with Gasteiger partial charge in [0.25, 0.3) is 5.95 Å². The molecule has 2 atom stereocenters. The van der Waals surface area contributed by atoms with Crippen LogP contribution in [0.5, 0.6) is 5.75 Å². The normalized spacial score (nSPS) is 21.7. The topological polar surface area (TPSA) is 71.6 Å². The van der Waals surface area contributed by atoms with Crippen molar-refractivity contribution in [1.29, 1.82) is 0 Å². The first-order valence-electron chi connectivity index (χ1n) is 7.81. The second-order valence-electron chi connectivity index (χ2n) is 6.98. The Balaban J connectivity index is 1.92. The Morgan fingerprint density at radius 2 is 2.13 bits per heavy atom. The van der Waals surface area contributed by atoms with Crippen LogP contribution in [0.15, 0.2) is 28.8 Å². The lowest BCUT2D eigenvalue weighted by molar-refractivity contribution is 0.194. The highest BCUT2D eigenvalue weighted by atomic mass is 16.5. The summed E-state index contributed by atoms with van der Waals surface area (Å²) in [6.45, 7) is 6.58. The summed E-state index contributed by atoms with van der Waals surface area (Å²) >= 11 is 0. The largest absolute Gasteiger partial charge is 0.497 e. The molecule has 1 N–H and O–H groups in total. The maximum atomic E-state index is 10.1. The van der Waals surface area contributed by atoms with Gasteiger partial charge in [-0.15, -0.1) is 0 Å². The molecular formula is C17H23N3O3. The van der Waals surface area contributed by atoms with Crippen molar-refractivity contribution in [2.75, 3.05) is 18.6 Å². The van der Waals surface area contributed by atoms with Crippen LogP contribution in [0.2, 0.25) is 0 Å². The second-order valence-corrected chi connectivity index (χ2v) is 6.98. The number of aliphatic hydroxyl groups is 1. The van der Waals surface area contributed by atoms with E-state index in [0.717, 1.165) is 11.3 Å². The lowest BCUT2D eigenvalue weighted by Gasteiger charge is -2.23. The van der Waals surface area contributed by atoms with E-state index in [4.69, 9.17) is 9.26 Å². The van der Waals surface area contributed by atoms with Gasteiger partial charge in [0.2, 0.25) is 5.89 Å². The van der Waals surface area contributed by atoms with Crippen molar-refractivity contribution in [3.63, 3.8) is 0 Å². The van der Waals surface area contributed by atoms with E-state index in [1.165, 1.54) is 0 Å². The summed E-state index contributed by atoms with van der Waals surface area (Å²) in [5.74, 6) is 1.92. The van der Waals surface area contributed by atoms with E-state index in [1.807, 2.05) is 49.9 Å². The molecule has 6 heteroatoms. The number of anilines is 1. The molecule has 2 unspecified atom stereocenters. The van der Waals surface area contributed by atoms with Gasteiger partial charge in [0.15, 0.2) is 0 Å². The SMILES string of the molecule is COc1cccc(C2CC(O)CN2c2noc(C(C)(C)C)n2)c1. The van der Waals surface area contributed by atoms with Crippen LogP contribution in [-0.4, -0.2) is 35.0 Å². The third kappa shape index (κ3) is 3.17. The summed E-state index contributed by atoms with van der Waals surface area (Å²) in [4.78, 5) is 6.52. The minimum Gasteiger partial charge on any atom is -0.497 e.